The van der Waals surface area contributed by atoms with Crippen molar-refractivity contribution in [3.63, 3.8) is 0 Å². The summed E-state index contributed by atoms with van der Waals surface area (Å²) in [6, 6.07) is 6.60. The Bertz CT molecular complexity index is 528. The second-order valence-corrected chi connectivity index (χ2v) is 4.84. The second kappa shape index (κ2) is 10.2. The van der Waals surface area contributed by atoms with Gasteiger partial charge in [-0.1, -0.05) is 19.1 Å². The van der Waals surface area contributed by atoms with Crippen LogP contribution < -0.4 is 15.4 Å². The zero-order valence-electron chi connectivity index (χ0n) is 13.4. The Balaban J connectivity index is 2.28. The fourth-order valence-corrected chi connectivity index (χ4v) is 1.61. The van der Waals surface area contributed by atoms with Gasteiger partial charge in [0.05, 0.1) is 0 Å². The summed E-state index contributed by atoms with van der Waals surface area (Å²) in [5.41, 5.74) is 0.792. The molecule has 7 nitrogen and oxygen atoms in total. The molecular formula is C16H22N2O5. The molecule has 23 heavy (non-hydrogen) atoms. The van der Waals surface area contributed by atoms with Crippen molar-refractivity contribution in [2.24, 2.45) is 0 Å². The minimum atomic E-state index is -0.624. The van der Waals surface area contributed by atoms with Crippen LogP contribution in [0, 0.1) is 0 Å². The minimum absolute atomic E-state index is 0.109. The van der Waals surface area contributed by atoms with Gasteiger partial charge in [0.15, 0.2) is 0 Å². The maximum absolute atomic E-state index is 11.6. The summed E-state index contributed by atoms with van der Waals surface area (Å²) in [4.78, 5) is 33.6. The molecule has 0 aliphatic rings. The van der Waals surface area contributed by atoms with Crippen LogP contribution in [0.3, 0.4) is 0 Å². The molecule has 0 unspecified atom stereocenters. The van der Waals surface area contributed by atoms with Gasteiger partial charge in [0.1, 0.15) is 12.4 Å². The van der Waals surface area contributed by atoms with Gasteiger partial charge in [-0.05, 0) is 24.1 Å². The summed E-state index contributed by atoms with van der Waals surface area (Å²) < 4.78 is 9.92. The van der Waals surface area contributed by atoms with Gasteiger partial charge in [0.2, 0.25) is 5.91 Å². The molecule has 1 rings (SSSR count). The average Bonchev–Trinajstić information content (AvgIpc) is 2.52. The van der Waals surface area contributed by atoms with Crippen molar-refractivity contribution >= 4 is 18.0 Å². The van der Waals surface area contributed by atoms with Crippen LogP contribution in [0.2, 0.25) is 0 Å². The van der Waals surface area contributed by atoms with E-state index >= 15 is 0 Å². The van der Waals surface area contributed by atoms with E-state index in [1.54, 1.807) is 24.3 Å². The lowest BCUT2D eigenvalue weighted by atomic mass is 10.2. The van der Waals surface area contributed by atoms with Crippen LogP contribution >= 0.6 is 0 Å². The SMILES string of the molecule is CCCNC(=O)CCNC(=O)Oc1ccc(COC(C)=O)cc1. The number of ether oxygens (including phenoxy) is 2. The second-order valence-electron chi connectivity index (χ2n) is 4.84. The summed E-state index contributed by atoms with van der Waals surface area (Å²) in [6.07, 6.45) is 0.450. The number of carbonyl (C=O) groups excluding carboxylic acids is 3. The number of nitrogens with one attached hydrogen (secondary N) is 2. The first kappa shape index (κ1) is 18.5. The smallest absolute Gasteiger partial charge is 0.412 e. The zero-order chi connectivity index (χ0) is 17.1. The normalized spacial score (nSPS) is 9.83. The van der Waals surface area contributed by atoms with Gasteiger partial charge < -0.3 is 20.1 Å². The van der Waals surface area contributed by atoms with Crippen LogP contribution in [-0.2, 0) is 20.9 Å². The lowest BCUT2D eigenvalue weighted by Gasteiger charge is -2.08. The number of hydrogen-bond acceptors (Lipinski definition) is 5. The van der Waals surface area contributed by atoms with Gasteiger partial charge in [-0.25, -0.2) is 4.79 Å². The van der Waals surface area contributed by atoms with E-state index in [0.717, 1.165) is 12.0 Å². The Kier molecular flexibility index (Phi) is 8.20. The van der Waals surface area contributed by atoms with Crippen LogP contribution in [-0.4, -0.2) is 31.1 Å². The van der Waals surface area contributed by atoms with Gasteiger partial charge in [-0.15, -0.1) is 0 Å². The van der Waals surface area contributed by atoms with E-state index in [0.29, 0.717) is 12.3 Å². The van der Waals surface area contributed by atoms with Crippen molar-refractivity contribution in [2.75, 3.05) is 13.1 Å². The van der Waals surface area contributed by atoms with Crippen molar-refractivity contribution in [1.29, 1.82) is 0 Å². The van der Waals surface area contributed by atoms with Gasteiger partial charge in [0.25, 0.3) is 0 Å². The first-order valence-corrected chi connectivity index (χ1v) is 7.46. The predicted octanol–water partition coefficient (Wildman–Crippen LogP) is 1.75. The molecule has 0 saturated carbocycles. The highest BCUT2D eigenvalue weighted by atomic mass is 16.6. The molecule has 1 aromatic carbocycles. The van der Waals surface area contributed by atoms with Gasteiger partial charge >= 0.3 is 12.1 Å². The third-order valence-electron chi connectivity index (χ3n) is 2.77. The lowest BCUT2D eigenvalue weighted by molar-refractivity contribution is -0.142. The Morgan fingerprint density at radius 3 is 2.35 bits per heavy atom. The van der Waals surface area contributed by atoms with E-state index in [4.69, 9.17) is 9.47 Å². The zero-order valence-corrected chi connectivity index (χ0v) is 13.4. The summed E-state index contributed by atoms with van der Waals surface area (Å²) in [6.45, 7) is 4.31. The average molecular weight is 322 g/mol. The fraction of sp³-hybridized carbons (Fsp3) is 0.438. The summed E-state index contributed by atoms with van der Waals surface area (Å²) in [7, 11) is 0. The van der Waals surface area contributed by atoms with E-state index in [9.17, 15) is 14.4 Å². The molecule has 0 aliphatic carbocycles. The van der Waals surface area contributed by atoms with E-state index in [1.807, 2.05) is 6.92 Å². The Morgan fingerprint density at radius 2 is 1.74 bits per heavy atom. The van der Waals surface area contributed by atoms with Crippen LogP contribution in [0.25, 0.3) is 0 Å². The Hall–Kier alpha value is -2.57. The molecule has 2 amide bonds. The minimum Gasteiger partial charge on any atom is -0.461 e. The van der Waals surface area contributed by atoms with E-state index in [2.05, 4.69) is 10.6 Å². The molecule has 0 atom stereocenters. The largest absolute Gasteiger partial charge is 0.461 e. The number of carbonyl (C=O) groups is 3. The van der Waals surface area contributed by atoms with Gasteiger partial charge in [-0.3, -0.25) is 9.59 Å². The quantitative estimate of drug-likeness (QED) is 0.711. The molecule has 0 spiro atoms. The lowest BCUT2D eigenvalue weighted by Crippen LogP contribution is -2.32. The van der Waals surface area contributed by atoms with Crippen molar-refractivity contribution in [3.8, 4) is 5.75 Å². The summed E-state index contributed by atoms with van der Waals surface area (Å²) >= 11 is 0. The van der Waals surface area contributed by atoms with Crippen molar-refractivity contribution in [3.05, 3.63) is 29.8 Å². The predicted molar refractivity (Wildman–Crippen MR) is 83.9 cm³/mol. The molecule has 0 bridgehead atoms. The van der Waals surface area contributed by atoms with E-state index in [1.165, 1.54) is 6.92 Å². The standard InChI is InChI=1S/C16H22N2O5/c1-3-9-17-15(20)8-10-18-16(21)23-14-6-4-13(5-7-14)11-22-12(2)19/h4-7H,3,8-11H2,1-2H3,(H,17,20)(H,18,21). The van der Waals surface area contributed by atoms with Crippen LogP contribution in [0.1, 0.15) is 32.3 Å². The van der Waals surface area contributed by atoms with Crippen molar-refractivity contribution < 1.29 is 23.9 Å². The molecule has 1 aromatic rings. The molecule has 0 aliphatic heterocycles. The molecule has 0 fully saturated rings. The first-order chi connectivity index (χ1) is 11.0. The number of rotatable bonds is 8. The first-order valence-electron chi connectivity index (χ1n) is 7.46. The summed E-state index contributed by atoms with van der Waals surface area (Å²) in [5.74, 6) is -0.0980. The van der Waals surface area contributed by atoms with Gasteiger partial charge in [0, 0.05) is 26.4 Å². The van der Waals surface area contributed by atoms with E-state index < -0.39 is 6.09 Å². The Labute approximate surface area is 135 Å². The number of hydrogen-bond donors (Lipinski definition) is 2. The molecule has 0 heterocycles. The van der Waals surface area contributed by atoms with Crippen LogP contribution in [0.5, 0.6) is 5.75 Å². The highest BCUT2D eigenvalue weighted by Crippen LogP contribution is 2.13. The maximum atomic E-state index is 11.6. The highest BCUT2D eigenvalue weighted by molar-refractivity contribution is 5.77. The topological polar surface area (TPSA) is 93.7 Å². The third kappa shape index (κ3) is 8.45. The van der Waals surface area contributed by atoms with Crippen molar-refractivity contribution in [2.45, 2.75) is 33.3 Å². The monoisotopic (exact) mass is 322 g/mol. The van der Waals surface area contributed by atoms with Crippen LogP contribution in [0.4, 0.5) is 4.79 Å². The molecule has 2 N–H and O–H groups in total. The highest BCUT2D eigenvalue weighted by Gasteiger charge is 2.06. The molecule has 0 saturated heterocycles. The van der Waals surface area contributed by atoms with Gasteiger partial charge in [-0.2, -0.15) is 0 Å². The summed E-state index contributed by atoms with van der Waals surface area (Å²) in [5, 5.41) is 5.22. The molecule has 7 heteroatoms. The van der Waals surface area contributed by atoms with Crippen molar-refractivity contribution in [1.82, 2.24) is 10.6 Å². The maximum Gasteiger partial charge on any atom is 0.412 e. The fourth-order valence-electron chi connectivity index (χ4n) is 1.61. The Morgan fingerprint density at radius 1 is 1.04 bits per heavy atom. The molecule has 126 valence electrons. The van der Waals surface area contributed by atoms with E-state index in [-0.39, 0.29) is 31.4 Å². The number of esters is 1. The molecule has 0 aromatic heterocycles. The number of benzene rings is 1. The third-order valence-corrected chi connectivity index (χ3v) is 2.77. The molecule has 0 radical (unpaired) electrons. The molecular weight excluding hydrogens is 300 g/mol. The number of amides is 2. The van der Waals surface area contributed by atoms with Crippen LogP contribution in [0.15, 0.2) is 24.3 Å².